The van der Waals surface area contributed by atoms with E-state index in [0.29, 0.717) is 25.9 Å². The Bertz CT molecular complexity index is 1540. The van der Waals surface area contributed by atoms with Gasteiger partial charge in [0.2, 0.25) is 11.8 Å². The van der Waals surface area contributed by atoms with E-state index in [1.165, 1.54) is 22.3 Å². The molecule has 0 saturated carbocycles. The van der Waals surface area contributed by atoms with Gasteiger partial charge in [-0.05, 0) is 48.9 Å². The van der Waals surface area contributed by atoms with Gasteiger partial charge >= 0.3 is 0 Å². The van der Waals surface area contributed by atoms with Crippen molar-refractivity contribution in [3.63, 3.8) is 0 Å². The molecular formula is C44H52N4O2. The van der Waals surface area contributed by atoms with Gasteiger partial charge < -0.3 is 9.80 Å². The van der Waals surface area contributed by atoms with Crippen LogP contribution < -0.4 is 0 Å². The Labute approximate surface area is 299 Å². The molecule has 4 atom stereocenters. The first kappa shape index (κ1) is 35.3. The molecule has 50 heavy (non-hydrogen) atoms. The summed E-state index contributed by atoms with van der Waals surface area (Å²) in [6, 6.07) is 42.6. The van der Waals surface area contributed by atoms with Gasteiger partial charge in [-0.15, -0.1) is 0 Å². The van der Waals surface area contributed by atoms with Gasteiger partial charge in [0, 0.05) is 76.3 Å². The number of carbonyl (C=O) groups is 2. The van der Waals surface area contributed by atoms with Crippen LogP contribution in [0.25, 0.3) is 0 Å². The molecule has 2 amide bonds. The second-order valence-corrected chi connectivity index (χ2v) is 13.8. The minimum Gasteiger partial charge on any atom is -0.339 e. The normalized spacial score (nSPS) is 21.3. The highest BCUT2D eigenvalue weighted by atomic mass is 16.2. The van der Waals surface area contributed by atoms with Crippen LogP contribution in [-0.4, -0.2) is 70.7 Å². The number of rotatable bonds is 10. The minimum absolute atomic E-state index is 0.00563. The number of carbonyl (C=O) groups excluding carboxylic acids is 2. The maximum Gasteiger partial charge on any atom is 0.224 e. The highest BCUT2D eigenvalue weighted by Crippen LogP contribution is 2.36. The summed E-state index contributed by atoms with van der Waals surface area (Å²) in [5.74, 6) is 0.350. The zero-order valence-electron chi connectivity index (χ0n) is 29.7. The van der Waals surface area contributed by atoms with Crippen molar-refractivity contribution < 1.29 is 9.59 Å². The summed E-state index contributed by atoms with van der Waals surface area (Å²) in [5, 5.41) is 0. The molecule has 2 aliphatic rings. The predicted octanol–water partition coefficient (Wildman–Crippen LogP) is 8.40. The van der Waals surface area contributed by atoms with Gasteiger partial charge in [-0.25, -0.2) is 0 Å². The molecule has 260 valence electrons. The lowest BCUT2D eigenvalue weighted by molar-refractivity contribution is -0.134. The summed E-state index contributed by atoms with van der Waals surface area (Å²) >= 11 is 0. The van der Waals surface area contributed by atoms with E-state index >= 15 is 0 Å². The third-order valence-corrected chi connectivity index (χ3v) is 10.7. The van der Waals surface area contributed by atoms with Crippen molar-refractivity contribution in [2.24, 2.45) is 0 Å². The van der Waals surface area contributed by atoms with Crippen LogP contribution in [0.4, 0.5) is 0 Å². The Morgan fingerprint density at radius 1 is 0.520 bits per heavy atom. The molecule has 6 heteroatoms. The molecule has 2 saturated heterocycles. The van der Waals surface area contributed by atoms with E-state index < -0.39 is 0 Å². The van der Waals surface area contributed by atoms with E-state index in [1.807, 2.05) is 21.9 Å². The monoisotopic (exact) mass is 668 g/mol. The first-order valence-corrected chi connectivity index (χ1v) is 18.4. The van der Waals surface area contributed by atoms with Crippen LogP contribution in [0.1, 0.15) is 86.0 Å². The smallest absolute Gasteiger partial charge is 0.224 e. The lowest BCUT2D eigenvalue weighted by atomic mass is 9.95. The molecule has 0 aromatic heterocycles. The van der Waals surface area contributed by atoms with Gasteiger partial charge in [-0.2, -0.15) is 0 Å². The molecule has 0 bridgehead atoms. The lowest BCUT2D eigenvalue weighted by Gasteiger charge is -2.40. The van der Waals surface area contributed by atoms with E-state index in [2.05, 4.69) is 145 Å². The van der Waals surface area contributed by atoms with Gasteiger partial charge in [0.05, 0.1) is 0 Å². The van der Waals surface area contributed by atoms with Gasteiger partial charge in [0.1, 0.15) is 0 Å². The van der Waals surface area contributed by atoms with Gasteiger partial charge in [0.15, 0.2) is 0 Å². The molecule has 0 N–H and O–H groups in total. The third-order valence-electron chi connectivity index (χ3n) is 10.7. The van der Waals surface area contributed by atoms with E-state index in [9.17, 15) is 9.59 Å². The number of nitrogens with zero attached hydrogens (tertiary/aromatic N) is 4. The van der Waals surface area contributed by atoms with Gasteiger partial charge in [-0.3, -0.25) is 19.4 Å². The van der Waals surface area contributed by atoms with Crippen molar-refractivity contribution in [3.05, 3.63) is 156 Å². The second-order valence-electron chi connectivity index (χ2n) is 13.8. The zero-order valence-corrected chi connectivity index (χ0v) is 29.7. The van der Waals surface area contributed by atoms with Crippen molar-refractivity contribution in [3.8, 4) is 0 Å². The molecule has 2 aliphatic heterocycles. The summed E-state index contributed by atoms with van der Waals surface area (Å²) < 4.78 is 0. The van der Waals surface area contributed by atoms with Crippen LogP contribution in [0, 0.1) is 0 Å². The molecule has 4 aromatic carbocycles. The van der Waals surface area contributed by atoms with E-state index in [4.69, 9.17) is 0 Å². The Balaban J connectivity index is 1.10. The number of benzene rings is 4. The first-order valence-electron chi connectivity index (χ1n) is 18.4. The summed E-state index contributed by atoms with van der Waals surface area (Å²) in [6.45, 7) is 8.90. The van der Waals surface area contributed by atoms with E-state index in [1.54, 1.807) is 0 Å². The van der Waals surface area contributed by atoms with Crippen molar-refractivity contribution in [1.82, 2.24) is 19.6 Å². The Morgan fingerprint density at radius 2 is 0.860 bits per heavy atom. The largest absolute Gasteiger partial charge is 0.339 e. The Kier molecular flexibility index (Phi) is 12.3. The third kappa shape index (κ3) is 8.79. The van der Waals surface area contributed by atoms with Crippen LogP contribution in [0.5, 0.6) is 0 Å². The van der Waals surface area contributed by atoms with E-state index in [-0.39, 0.29) is 36.0 Å². The van der Waals surface area contributed by atoms with Crippen LogP contribution in [0.3, 0.4) is 0 Å². The SMILES string of the molecule is C[C@H](c1ccccc1)N1CCCN(C/C=C/CN2CCCN([C@H](C)c3ccccc3)[C@H](c3ccccc3)CC2=O)C(=O)C[C@H]1c1ccccc1. The Hall–Kier alpha value is -4.52. The molecule has 4 aromatic rings. The van der Waals surface area contributed by atoms with Crippen LogP contribution >= 0.6 is 0 Å². The van der Waals surface area contributed by atoms with Crippen molar-refractivity contribution in [1.29, 1.82) is 0 Å². The van der Waals surface area contributed by atoms with Crippen molar-refractivity contribution in [2.45, 2.75) is 63.7 Å². The van der Waals surface area contributed by atoms with E-state index in [0.717, 1.165) is 39.0 Å². The first-order chi connectivity index (χ1) is 24.5. The quantitative estimate of drug-likeness (QED) is 0.159. The number of amides is 2. The molecule has 6 rings (SSSR count). The van der Waals surface area contributed by atoms with Gasteiger partial charge in [-0.1, -0.05) is 133 Å². The molecule has 2 fully saturated rings. The summed E-state index contributed by atoms with van der Waals surface area (Å²) in [6.07, 6.45) is 6.88. The fourth-order valence-corrected chi connectivity index (χ4v) is 7.80. The summed E-state index contributed by atoms with van der Waals surface area (Å²) in [7, 11) is 0. The highest BCUT2D eigenvalue weighted by Gasteiger charge is 2.33. The highest BCUT2D eigenvalue weighted by molar-refractivity contribution is 5.78. The molecule has 2 heterocycles. The predicted molar refractivity (Wildman–Crippen MR) is 202 cm³/mol. The Morgan fingerprint density at radius 3 is 1.22 bits per heavy atom. The average Bonchev–Trinajstić information content (AvgIpc) is 3.16. The average molecular weight is 669 g/mol. The fraction of sp³-hybridized carbons (Fsp3) is 0.364. The molecule has 0 aliphatic carbocycles. The van der Waals surface area contributed by atoms with Gasteiger partial charge in [0.25, 0.3) is 0 Å². The number of hydrogen-bond acceptors (Lipinski definition) is 4. The topological polar surface area (TPSA) is 47.1 Å². The van der Waals surface area contributed by atoms with Crippen LogP contribution in [0.2, 0.25) is 0 Å². The molecular weight excluding hydrogens is 617 g/mol. The summed E-state index contributed by atoms with van der Waals surface area (Å²) in [4.78, 5) is 36.7. The fourth-order valence-electron chi connectivity index (χ4n) is 7.80. The molecule has 6 nitrogen and oxygen atoms in total. The maximum atomic E-state index is 13.8. The molecule has 0 radical (unpaired) electrons. The standard InChI is InChI=1S/C44H52N4O2/c1-35(37-19-7-3-8-20-37)47-31-17-29-45(43(49)33-41(47)39-23-11-5-12-24-39)27-15-16-28-46-30-18-32-48(36(2)38-21-9-4-10-22-38)42(34-44(46)50)40-25-13-6-14-26-40/h3-16,19-26,35-36,41-42H,17-18,27-34H2,1-2H3/b16-15+/t35-,36-,41+,42+/m1/s1. The summed E-state index contributed by atoms with van der Waals surface area (Å²) in [5.41, 5.74) is 4.91. The minimum atomic E-state index is 0.00563. The molecule has 0 spiro atoms. The van der Waals surface area contributed by atoms with Crippen LogP contribution in [-0.2, 0) is 9.59 Å². The zero-order chi connectivity index (χ0) is 34.7. The number of hydrogen-bond donors (Lipinski definition) is 0. The van der Waals surface area contributed by atoms with Crippen molar-refractivity contribution in [2.75, 3.05) is 39.3 Å². The second kappa shape index (κ2) is 17.4. The maximum absolute atomic E-state index is 13.8. The van der Waals surface area contributed by atoms with Crippen LogP contribution in [0.15, 0.2) is 133 Å². The van der Waals surface area contributed by atoms with Crippen molar-refractivity contribution >= 4 is 11.8 Å². The molecule has 0 unspecified atom stereocenters. The lowest BCUT2D eigenvalue weighted by Crippen LogP contribution is -2.43.